The molecule has 2 unspecified atom stereocenters. The zero-order valence-corrected chi connectivity index (χ0v) is 14.7. The number of rotatable bonds is 6. The Kier molecular flexibility index (Phi) is 6.04. The van der Waals surface area contributed by atoms with Crippen molar-refractivity contribution in [2.24, 2.45) is 5.92 Å². The van der Waals surface area contributed by atoms with Crippen molar-refractivity contribution in [2.45, 2.75) is 32.7 Å². The van der Waals surface area contributed by atoms with Crippen LogP contribution in [-0.4, -0.2) is 50.0 Å². The number of carbonyl (C=O) groups excluding carboxylic acids is 1. The lowest BCUT2D eigenvalue weighted by Gasteiger charge is -2.21. The highest BCUT2D eigenvalue weighted by atomic mass is 32.2. The summed E-state index contributed by atoms with van der Waals surface area (Å²) in [6.45, 7) is 4.83. The highest BCUT2D eigenvalue weighted by Gasteiger charge is 2.27. The molecule has 0 spiro atoms. The molecule has 1 aromatic carbocycles. The molecule has 0 aromatic heterocycles. The summed E-state index contributed by atoms with van der Waals surface area (Å²) in [4.78, 5) is 14.0. The molecule has 2 atom stereocenters. The quantitative estimate of drug-likeness (QED) is 0.863. The molecule has 1 N–H and O–H groups in total. The van der Waals surface area contributed by atoms with E-state index >= 15 is 0 Å². The van der Waals surface area contributed by atoms with Crippen LogP contribution in [0.5, 0.6) is 0 Å². The Balaban J connectivity index is 1.80. The SMILES string of the molecule is CCS(=O)(=O)CC(C)NC(=O)N1CCC(Cc2ccccc2)C1. The number of carbonyl (C=O) groups is 1. The molecule has 2 rings (SSSR count). The Labute approximate surface area is 139 Å². The number of likely N-dealkylation sites (tertiary alicyclic amines) is 1. The molecule has 1 aromatic rings. The summed E-state index contributed by atoms with van der Waals surface area (Å²) in [6, 6.07) is 9.78. The van der Waals surface area contributed by atoms with Crippen molar-refractivity contribution in [3.05, 3.63) is 35.9 Å². The van der Waals surface area contributed by atoms with E-state index in [2.05, 4.69) is 17.4 Å². The number of benzene rings is 1. The van der Waals surface area contributed by atoms with Gasteiger partial charge in [-0.15, -0.1) is 0 Å². The molecule has 1 aliphatic rings. The topological polar surface area (TPSA) is 66.5 Å². The largest absolute Gasteiger partial charge is 0.335 e. The molecule has 1 aliphatic heterocycles. The van der Waals surface area contributed by atoms with Crippen molar-refractivity contribution >= 4 is 15.9 Å². The van der Waals surface area contributed by atoms with Gasteiger partial charge < -0.3 is 10.2 Å². The summed E-state index contributed by atoms with van der Waals surface area (Å²) >= 11 is 0. The van der Waals surface area contributed by atoms with E-state index in [1.165, 1.54) is 5.56 Å². The summed E-state index contributed by atoms with van der Waals surface area (Å²) in [5, 5.41) is 2.80. The van der Waals surface area contributed by atoms with E-state index in [1.807, 2.05) is 18.2 Å². The minimum absolute atomic E-state index is 0.00345. The fourth-order valence-corrected chi connectivity index (χ4v) is 4.05. The normalized spacial score (nSPS) is 19.6. The van der Waals surface area contributed by atoms with Crippen LogP contribution < -0.4 is 5.32 Å². The van der Waals surface area contributed by atoms with Crippen molar-refractivity contribution in [3.63, 3.8) is 0 Å². The highest BCUT2D eigenvalue weighted by molar-refractivity contribution is 7.91. The van der Waals surface area contributed by atoms with Gasteiger partial charge in [-0.1, -0.05) is 37.3 Å². The molecule has 128 valence electrons. The zero-order valence-electron chi connectivity index (χ0n) is 13.9. The standard InChI is InChI=1S/C17H26N2O3S/c1-3-23(21,22)13-14(2)18-17(20)19-10-9-16(12-19)11-15-7-5-4-6-8-15/h4-8,14,16H,3,9-13H2,1-2H3,(H,18,20). The number of amides is 2. The van der Waals surface area contributed by atoms with Crippen LogP contribution in [-0.2, 0) is 16.3 Å². The predicted octanol–water partition coefficient (Wildman–Crippen LogP) is 2.08. The van der Waals surface area contributed by atoms with Gasteiger partial charge in [-0.05, 0) is 31.2 Å². The molecule has 0 aliphatic carbocycles. The molecule has 1 heterocycles. The molecule has 6 heteroatoms. The van der Waals surface area contributed by atoms with Gasteiger partial charge in [-0.25, -0.2) is 13.2 Å². The van der Waals surface area contributed by atoms with Crippen molar-refractivity contribution in [1.29, 1.82) is 0 Å². The molecule has 0 radical (unpaired) electrons. The Bertz CT molecular complexity index is 616. The minimum atomic E-state index is -3.07. The zero-order chi connectivity index (χ0) is 16.9. The third-order valence-electron chi connectivity index (χ3n) is 4.25. The Morgan fingerprint density at radius 2 is 2.04 bits per heavy atom. The summed E-state index contributed by atoms with van der Waals surface area (Å²) < 4.78 is 23.2. The van der Waals surface area contributed by atoms with Gasteiger partial charge in [0.2, 0.25) is 0 Å². The number of nitrogens with one attached hydrogen (secondary N) is 1. The number of sulfone groups is 1. The predicted molar refractivity (Wildman–Crippen MR) is 92.1 cm³/mol. The Morgan fingerprint density at radius 3 is 2.70 bits per heavy atom. The van der Waals surface area contributed by atoms with Crippen LogP contribution in [0.3, 0.4) is 0 Å². The average molecular weight is 338 g/mol. The minimum Gasteiger partial charge on any atom is -0.335 e. The van der Waals surface area contributed by atoms with Gasteiger partial charge in [0.05, 0.1) is 5.75 Å². The van der Waals surface area contributed by atoms with Crippen LogP contribution in [0.25, 0.3) is 0 Å². The molecule has 5 nitrogen and oxygen atoms in total. The smallest absolute Gasteiger partial charge is 0.317 e. The molecular formula is C17H26N2O3S. The van der Waals surface area contributed by atoms with Crippen molar-refractivity contribution in [2.75, 3.05) is 24.6 Å². The third-order valence-corrected chi connectivity index (χ3v) is 6.14. The number of hydrogen-bond donors (Lipinski definition) is 1. The van der Waals surface area contributed by atoms with Gasteiger partial charge in [0.15, 0.2) is 9.84 Å². The second kappa shape index (κ2) is 7.81. The highest BCUT2D eigenvalue weighted by Crippen LogP contribution is 2.20. The van der Waals surface area contributed by atoms with Crippen LogP contribution in [0.1, 0.15) is 25.8 Å². The summed E-state index contributed by atoms with van der Waals surface area (Å²) in [7, 11) is -3.07. The molecule has 0 saturated carbocycles. The van der Waals surface area contributed by atoms with Crippen LogP contribution in [0.15, 0.2) is 30.3 Å². The Morgan fingerprint density at radius 1 is 1.35 bits per heavy atom. The molecule has 0 bridgehead atoms. The maximum Gasteiger partial charge on any atom is 0.317 e. The average Bonchev–Trinajstić information content (AvgIpc) is 2.96. The van der Waals surface area contributed by atoms with E-state index in [0.717, 1.165) is 25.9 Å². The van der Waals surface area contributed by atoms with E-state index in [0.29, 0.717) is 5.92 Å². The third kappa shape index (κ3) is 5.53. The van der Waals surface area contributed by atoms with Gasteiger partial charge in [0, 0.05) is 24.9 Å². The fourth-order valence-electron chi connectivity index (χ4n) is 2.97. The van der Waals surface area contributed by atoms with Gasteiger partial charge in [0.1, 0.15) is 0 Å². The first-order valence-corrected chi connectivity index (χ1v) is 10.0. The summed E-state index contributed by atoms with van der Waals surface area (Å²) in [5.74, 6) is 0.574. The maximum absolute atomic E-state index is 12.2. The van der Waals surface area contributed by atoms with Crippen LogP contribution in [0.2, 0.25) is 0 Å². The van der Waals surface area contributed by atoms with Gasteiger partial charge >= 0.3 is 6.03 Å². The van der Waals surface area contributed by atoms with Crippen molar-refractivity contribution in [3.8, 4) is 0 Å². The lowest BCUT2D eigenvalue weighted by Crippen LogP contribution is -2.45. The van der Waals surface area contributed by atoms with E-state index in [4.69, 9.17) is 0 Å². The van der Waals surface area contributed by atoms with Crippen LogP contribution in [0.4, 0.5) is 4.79 Å². The summed E-state index contributed by atoms with van der Waals surface area (Å²) in [5.41, 5.74) is 1.29. The van der Waals surface area contributed by atoms with E-state index < -0.39 is 9.84 Å². The van der Waals surface area contributed by atoms with Crippen LogP contribution in [0, 0.1) is 5.92 Å². The number of nitrogens with zero attached hydrogens (tertiary/aromatic N) is 1. The number of urea groups is 1. The number of hydrogen-bond acceptors (Lipinski definition) is 3. The van der Waals surface area contributed by atoms with Gasteiger partial charge in [-0.3, -0.25) is 0 Å². The van der Waals surface area contributed by atoms with Gasteiger partial charge in [0.25, 0.3) is 0 Å². The first-order chi connectivity index (χ1) is 10.9. The first kappa shape index (κ1) is 17.8. The summed E-state index contributed by atoms with van der Waals surface area (Å²) in [6.07, 6.45) is 1.97. The molecule has 1 saturated heterocycles. The molecule has 2 amide bonds. The monoisotopic (exact) mass is 338 g/mol. The van der Waals surface area contributed by atoms with E-state index in [-0.39, 0.29) is 23.6 Å². The molecular weight excluding hydrogens is 312 g/mol. The first-order valence-electron chi connectivity index (χ1n) is 8.19. The lowest BCUT2D eigenvalue weighted by molar-refractivity contribution is 0.204. The maximum atomic E-state index is 12.2. The molecule has 1 fully saturated rings. The Hall–Kier alpha value is -1.56. The molecule has 23 heavy (non-hydrogen) atoms. The second-order valence-corrected chi connectivity index (χ2v) is 8.74. The van der Waals surface area contributed by atoms with E-state index in [9.17, 15) is 13.2 Å². The lowest BCUT2D eigenvalue weighted by atomic mass is 9.99. The van der Waals surface area contributed by atoms with E-state index in [1.54, 1.807) is 18.7 Å². The van der Waals surface area contributed by atoms with Crippen molar-refractivity contribution in [1.82, 2.24) is 10.2 Å². The van der Waals surface area contributed by atoms with Crippen LogP contribution >= 0.6 is 0 Å². The van der Waals surface area contributed by atoms with Gasteiger partial charge in [-0.2, -0.15) is 0 Å². The second-order valence-electron chi connectivity index (χ2n) is 6.34. The fraction of sp³-hybridized carbons (Fsp3) is 0.588. The van der Waals surface area contributed by atoms with Crippen molar-refractivity contribution < 1.29 is 13.2 Å².